The van der Waals surface area contributed by atoms with Gasteiger partial charge in [-0.3, -0.25) is 19.4 Å². The second kappa shape index (κ2) is 15.5. The second-order valence-corrected chi connectivity index (χ2v) is 14.6. The normalized spacial score (nSPS) is 17.0. The standard InChI is InChI=1S/C41H38FN7O4S/c1-26(2)49(41(53)44-22-29-15-18-32(42)19-16-29)47-25-37(51)48-33(21-28-13-11-27(12-14-28)17-20-34(50)30-7-4-3-5-8-30)39(52)46(24-36(47)48)23-31-9-6-10-35-38(31)45-40(43)54-35/h3-16,18-19,26,33,36H,21-25H2,1-2H3,(H2,43,45)(H,44,53)/t33-,36+/m0/s1. The quantitative estimate of drug-likeness (QED) is 0.157. The predicted molar refractivity (Wildman–Crippen MR) is 204 cm³/mol. The van der Waals surface area contributed by atoms with Crippen molar-refractivity contribution in [3.8, 4) is 11.8 Å². The molecule has 3 N–H and O–H groups in total. The number of rotatable bonds is 9. The molecule has 0 aliphatic carbocycles. The Balaban J connectivity index is 1.16. The Morgan fingerprint density at radius 2 is 1.70 bits per heavy atom. The molecule has 4 amide bonds. The minimum absolute atomic E-state index is 0.105. The molecule has 4 aromatic carbocycles. The van der Waals surface area contributed by atoms with Gasteiger partial charge in [-0.25, -0.2) is 14.2 Å². The molecule has 274 valence electrons. The molecule has 54 heavy (non-hydrogen) atoms. The maximum Gasteiger partial charge on any atom is 0.332 e. The summed E-state index contributed by atoms with van der Waals surface area (Å²) in [4.78, 5) is 62.6. The monoisotopic (exact) mass is 743 g/mol. The molecule has 2 aliphatic heterocycles. The molecule has 2 aliphatic rings. The van der Waals surface area contributed by atoms with Crippen molar-refractivity contribution in [3.05, 3.63) is 131 Å². The number of carbonyl (C=O) groups excluding carboxylic acids is 4. The van der Waals surface area contributed by atoms with Crippen molar-refractivity contribution in [3.63, 3.8) is 0 Å². The molecular weight excluding hydrogens is 706 g/mol. The molecule has 2 saturated heterocycles. The molecule has 3 heterocycles. The van der Waals surface area contributed by atoms with E-state index in [4.69, 9.17) is 5.73 Å². The third-order valence-electron chi connectivity index (χ3n) is 9.52. The van der Waals surface area contributed by atoms with E-state index in [0.29, 0.717) is 16.3 Å². The zero-order valence-corrected chi connectivity index (χ0v) is 30.6. The first-order valence-corrected chi connectivity index (χ1v) is 18.4. The van der Waals surface area contributed by atoms with Crippen LogP contribution in [0.5, 0.6) is 0 Å². The fourth-order valence-electron chi connectivity index (χ4n) is 6.97. The minimum Gasteiger partial charge on any atom is -0.375 e. The van der Waals surface area contributed by atoms with Crippen LogP contribution in [-0.4, -0.2) is 79.8 Å². The van der Waals surface area contributed by atoms with Crippen LogP contribution >= 0.6 is 11.3 Å². The summed E-state index contributed by atoms with van der Waals surface area (Å²) < 4.78 is 14.4. The fourth-order valence-corrected chi connectivity index (χ4v) is 7.75. The molecule has 1 aromatic heterocycles. The highest BCUT2D eigenvalue weighted by molar-refractivity contribution is 7.22. The van der Waals surface area contributed by atoms with E-state index in [0.717, 1.165) is 26.9 Å². The SMILES string of the molecule is CC(C)N(C(=O)NCc1ccc(F)cc1)N1CC(=O)N2[C@@H](Cc3ccc(C#CC(=O)c4ccccc4)cc3)C(=O)N(Cc3cccc4sc(N)nc34)C[C@@H]21. The van der Waals surface area contributed by atoms with E-state index in [9.17, 15) is 23.6 Å². The number of hydrogen-bond donors (Lipinski definition) is 2. The number of benzene rings is 4. The van der Waals surface area contributed by atoms with Gasteiger partial charge in [0, 0.05) is 36.7 Å². The number of ketones is 1. The molecule has 0 bridgehead atoms. The third kappa shape index (κ3) is 7.66. The van der Waals surface area contributed by atoms with Crippen LogP contribution in [0.3, 0.4) is 0 Å². The average Bonchev–Trinajstić information content (AvgIpc) is 3.71. The van der Waals surface area contributed by atoms with Gasteiger partial charge in [0.2, 0.25) is 17.6 Å². The van der Waals surface area contributed by atoms with Crippen LogP contribution in [0.4, 0.5) is 14.3 Å². The van der Waals surface area contributed by atoms with Crippen LogP contribution in [0.15, 0.2) is 97.1 Å². The lowest BCUT2D eigenvalue weighted by Gasteiger charge is -2.47. The maximum atomic E-state index is 14.5. The Hall–Kier alpha value is -6.10. The topological polar surface area (TPSA) is 132 Å². The number of carbonyl (C=O) groups is 4. The predicted octanol–water partition coefficient (Wildman–Crippen LogP) is 5.21. The van der Waals surface area contributed by atoms with Crippen molar-refractivity contribution in [1.82, 2.24) is 30.1 Å². The van der Waals surface area contributed by atoms with E-state index in [1.165, 1.54) is 28.5 Å². The lowest BCUT2D eigenvalue weighted by Crippen LogP contribution is -2.66. The van der Waals surface area contributed by atoms with E-state index in [2.05, 4.69) is 22.1 Å². The molecule has 0 unspecified atom stereocenters. The van der Waals surface area contributed by atoms with Crippen LogP contribution in [0.25, 0.3) is 10.2 Å². The van der Waals surface area contributed by atoms with Gasteiger partial charge in [0.05, 0.1) is 23.3 Å². The van der Waals surface area contributed by atoms with Crippen LogP contribution in [-0.2, 0) is 29.1 Å². The first kappa shape index (κ1) is 36.3. The van der Waals surface area contributed by atoms with Crippen LogP contribution in [0.2, 0.25) is 0 Å². The number of nitrogen functional groups attached to an aromatic ring is 1. The summed E-state index contributed by atoms with van der Waals surface area (Å²) >= 11 is 1.37. The van der Waals surface area contributed by atoms with Gasteiger partial charge in [-0.05, 0) is 66.8 Å². The van der Waals surface area contributed by atoms with Crippen molar-refractivity contribution in [2.24, 2.45) is 0 Å². The molecule has 5 aromatic rings. The van der Waals surface area contributed by atoms with E-state index in [1.54, 1.807) is 63.3 Å². The number of nitrogens with two attached hydrogens (primary N) is 1. The number of urea groups is 1. The molecule has 11 nitrogen and oxygen atoms in total. The molecule has 0 saturated carbocycles. The van der Waals surface area contributed by atoms with E-state index < -0.39 is 18.2 Å². The average molecular weight is 744 g/mol. The number of Topliss-reactive ketones (excluding diaryl/α,β-unsaturated/α-hetero) is 1. The van der Waals surface area contributed by atoms with Gasteiger partial charge in [-0.15, -0.1) is 0 Å². The van der Waals surface area contributed by atoms with E-state index >= 15 is 0 Å². The fraction of sp³-hybridized carbons (Fsp3) is 0.244. The highest BCUT2D eigenvalue weighted by Crippen LogP contribution is 2.33. The van der Waals surface area contributed by atoms with Crippen molar-refractivity contribution in [1.29, 1.82) is 0 Å². The number of amides is 4. The number of aromatic nitrogens is 1. The number of hydrazine groups is 1. The molecule has 0 spiro atoms. The molecule has 13 heteroatoms. The Bertz CT molecular complexity index is 2270. The smallest absolute Gasteiger partial charge is 0.332 e. The number of piperazine rings is 1. The summed E-state index contributed by atoms with van der Waals surface area (Å²) in [6.07, 6.45) is -0.429. The lowest BCUT2D eigenvalue weighted by atomic mass is 9.99. The second-order valence-electron chi connectivity index (χ2n) is 13.5. The largest absolute Gasteiger partial charge is 0.375 e. The van der Waals surface area contributed by atoms with E-state index in [1.807, 2.05) is 50.2 Å². The summed E-state index contributed by atoms with van der Waals surface area (Å²) in [6, 6.07) is 26.1. The van der Waals surface area contributed by atoms with Gasteiger partial charge < -0.3 is 20.9 Å². The van der Waals surface area contributed by atoms with Crippen molar-refractivity contribution < 1.29 is 23.6 Å². The molecule has 2 fully saturated rings. The number of nitrogens with zero attached hydrogens (tertiary/aromatic N) is 5. The number of anilines is 1. The van der Waals surface area contributed by atoms with Gasteiger partial charge in [-0.2, -0.15) is 5.01 Å². The zero-order chi connectivity index (χ0) is 37.9. The molecule has 0 radical (unpaired) electrons. The number of thiazole rings is 1. The van der Waals surface area contributed by atoms with Crippen LogP contribution in [0.1, 0.15) is 46.5 Å². The summed E-state index contributed by atoms with van der Waals surface area (Å²) in [7, 11) is 0. The number of nitrogens with one attached hydrogen (secondary N) is 1. The summed E-state index contributed by atoms with van der Waals surface area (Å²) in [5, 5.41) is 6.61. The summed E-state index contributed by atoms with van der Waals surface area (Å²) in [5.74, 6) is 4.45. The number of halogens is 1. The lowest BCUT2D eigenvalue weighted by molar-refractivity contribution is -0.158. The number of hydrogen-bond acceptors (Lipinski definition) is 8. The Morgan fingerprint density at radius 1 is 0.981 bits per heavy atom. The summed E-state index contributed by atoms with van der Waals surface area (Å²) in [6.45, 7) is 4.15. The van der Waals surface area contributed by atoms with Gasteiger partial charge in [-0.1, -0.05) is 84.0 Å². The maximum absolute atomic E-state index is 14.5. The van der Waals surface area contributed by atoms with Crippen molar-refractivity contribution >= 4 is 50.3 Å². The first-order valence-electron chi connectivity index (χ1n) is 17.6. The zero-order valence-electron chi connectivity index (χ0n) is 29.7. The molecular formula is C41H38FN7O4S. The number of para-hydroxylation sites is 1. The summed E-state index contributed by atoms with van der Waals surface area (Å²) in [5.41, 5.74) is 10.3. The van der Waals surface area contributed by atoms with E-state index in [-0.39, 0.29) is 62.1 Å². The van der Waals surface area contributed by atoms with Gasteiger partial charge >= 0.3 is 6.03 Å². The van der Waals surface area contributed by atoms with Crippen LogP contribution in [0, 0.1) is 17.7 Å². The van der Waals surface area contributed by atoms with Gasteiger partial charge in [0.25, 0.3) is 0 Å². The molecule has 2 atom stereocenters. The van der Waals surface area contributed by atoms with Gasteiger partial charge in [0.15, 0.2) is 5.13 Å². The number of fused-ring (bicyclic) bond motifs is 2. The first-order chi connectivity index (χ1) is 26.0. The van der Waals surface area contributed by atoms with Crippen molar-refractivity contribution in [2.45, 2.75) is 51.6 Å². The Morgan fingerprint density at radius 3 is 2.43 bits per heavy atom. The Kier molecular flexibility index (Phi) is 10.4. The third-order valence-corrected chi connectivity index (χ3v) is 10.4. The van der Waals surface area contributed by atoms with Crippen LogP contribution < -0.4 is 11.1 Å². The van der Waals surface area contributed by atoms with Crippen molar-refractivity contribution in [2.75, 3.05) is 18.8 Å². The van der Waals surface area contributed by atoms with Gasteiger partial charge in [0.1, 0.15) is 18.0 Å². The Labute approximate surface area is 316 Å². The molecule has 7 rings (SSSR count). The highest BCUT2D eigenvalue weighted by atomic mass is 32.1. The highest BCUT2D eigenvalue weighted by Gasteiger charge is 2.52. The minimum atomic E-state index is -0.867.